The van der Waals surface area contributed by atoms with Crippen molar-refractivity contribution in [2.45, 2.75) is 93.0 Å². The number of ether oxygens (including phenoxy) is 22. The predicted molar refractivity (Wildman–Crippen MR) is 322 cm³/mol. The molecule has 0 fully saturated rings. The molecule has 12 unspecified atom stereocenters. The van der Waals surface area contributed by atoms with Crippen LogP contribution >= 0.6 is 0 Å². The summed E-state index contributed by atoms with van der Waals surface area (Å²) in [4.78, 5) is 110. The maximum atomic E-state index is 11.4. The van der Waals surface area contributed by atoms with Crippen LogP contribution < -0.4 is 0 Å². The molecule has 12 atom stereocenters. The van der Waals surface area contributed by atoms with E-state index >= 15 is 0 Å². The van der Waals surface area contributed by atoms with E-state index in [2.05, 4.69) is 0 Å². The van der Waals surface area contributed by atoms with Gasteiger partial charge in [-0.1, -0.05) is 13.3 Å². The minimum Gasteiger partial charge on any atom is -0.388 e. The van der Waals surface area contributed by atoms with Crippen molar-refractivity contribution in [3.8, 4) is 0 Å². The largest absolute Gasteiger partial charge is 0.388 e. The molecule has 0 aromatic rings. The van der Waals surface area contributed by atoms with Gasteiger partial charge in [-0.15, -0.1) is 0 Å². The van der Waals surface area contributed by atoms with Gasteiger partial charge in [-0.2, -0.15) is 0 Å². The molecule has 0 radical (unpaired) electrons. The minimum atomic E-state index is -1.17. The van der Waals surface area contributed by atoms with Gasteiger partial charge in [0, 0.05) is 6.61 Å². The normalized spacial score (nSPS) is 15.5. The lowest BCUT2D eigenvalue weighted by atomic mass is 10.3. The lowest BCUT2D eigenvalue weighted by Crippen LogP contribution is -2.38. The third-order valence-electron chi connectivity index (χ3n) is 11.8. The number of rotatable bonds is 80. The van der Waals surface area contributed by atoms with Crippen molar-refractivity contribution in [3.05, 3.63) is 0 Å². The van der Waals surface area contributed by atoms with Gasteiger partial charge in [0.05, 0.1) is 159 Å². The van der Waals surface area contributed by atoms with Crippen LogP contribution in [0.1, 0.15) is 19.8 Å². The zero-order chi connectivity index (χ0) is 69.7. The first kappa shape index (κ1) is 90.7. The fourth-order valence-corrected chi connectivity index (χ4v) is 7.32. The van der Waals surface area contributed by atoms with Gasteiger partial charge in [0.1, 0.15) is 202 Å². The Kier molecular flexibility index (Phi) is 66.4. The van der Waals surface area contributed by atoms with E-state index in [-0.39, 0.29) is 225 Å². The van der Waals surface area contributed by atoms with E-state index in [1.54, 1.807) is 0 Å². The molecular formula is C60H102O35. The Morgan fingerprint density at radius 2 is 0.389 bits per heavy atom. The first-order valence-electron chi connectivity index (χ1n) is 30.9. The van der Waals surface area contributed by atoms with Crippen molar-refractivity contribution in [1.29, 1.82) is 0 Å². The van der Waals surface area contributed by atoms with Crippen molar-refractivity contribution in [2.24, 2.45) is 0 Å². The topological polar surface area (TPSA) is 434 Å². The number of aliphatic hydroxyl groups is 3. The van der Waals surface area contributed by atoms with Gasteiger partial charge >= 0.3 is 0 Å². The van der Waals surface area contributed by atoms with Gasteiger partial charge in [-0.25, -0.2) is 0 Å². The van der Waals surface area contributed by atoms with Gasteiger partial charge in [0.2, 0.25) is 0 Å². The van der Waals surface area contributed by atoms with Crippen molar-refractivity contribution in [1.82, 2.24) is 0 Å². The van der Waals surface area contributed by atoms with Crippen molar-refractivity contribution >= 4 is 62.9 Å². The summed E-state index contributed by atoms with van der Waals surface area (Å²) in [5.41, 5.74) is 0. The molecule has 95 heavy (non-hydrogen) atoms. The maximum Gasteiger partial charge on any atom is 0.145 e. The molecule has 0 amide bonds. The van der Waals surface area contributed by atoms with E-state index in [9.17, 15) is 63.3 Å². The molecule has 0 saturated carbocycles. The van der Waals surface area contributed by atoms with Crippen molar-refractivity contribution < 1.29 is 167 Å². The molecule has 0 bridgehead atoms. The summed E-state index contributed by atoms with van der Waals surface area (Å²) in [6.45, 7) is -4.55. The second kappa shape index (κ2) is 69.6. The molecule has 0 rings (SSSR count). The van der Waals surface area contributed by atoms with E-state index in [0.717, 1.165) is 6.42 Å². The van der Waals surface area contributed by atoms with Crippen LogP contribution in [-0.4, -0.2) is 383 Å². The Morgan fingerprint density at radius 1 is 0.211 bits per heavy atom. The average molecular weight is 1380 g/mol. The molecule has 35 heteroatoms. The summed E-state index contributed by atoms with van der Waals surface area (Å²) in [6.07, 6.45) is -4.28. The summed E-state index contributed by atoms with van der Waals surface area (Å²) in [5, 5.41) is 31.3. The molecular weight excluding hydrogens is 1280 g/mol. The van der Waals surface area contributed by atoms with E-state index in [0.29, 0.717) is 75.9 Å². The summed E-state index contributed by atoms with van der Waals surface area (Å²) < 4.78 is 126. The highest BCUT2D eigenvalue weighted by Gasteiger charge is 2.25. The molecule has 3 N–H and O–H groups in total. The van der Waals surface area contributed by atoms with Gasteiger partial charge in [0.15, 0.2) is 0 Å². The Bertz CT molecular complexity index is 1810. The van der Waals surface area contributed by atoms with Gasteiger partial charge in [-0.3, -0.25) is 0 Å². The van der Waals surface area contributed by atoms with Crippen LogP contribution in [-0.2, 0) is 152 Å². The summed E-state index contributed by atoms with van der Waals surface area (Å²) in [6, 6.07) is 0. The SMILES string of the molecule is CCCCOCC(COCC(COCC(COCC(COCC=O)OCC=O)OCC(O)COCC=O)OCC(COCC(O)COCC=O)OCC=O)OCC(COCC(COCC(COCC=O)OCC=O)OCC(O)COCC=O)OCC(COCC=O)OCC=O. The number of carbonyl (C=O) groups is 10. The highest BCUT2D eigenvalue weighted by molar-refractivity contribution is 5.52. The molecule has 0 spiro atoms. The fraction of sp³-hybridized carbons (Fsp3) is 0.833. The fourth-order valence-electron chi connectivity index (χ4n) is 7.32. The Hall–Kier alpha value is -4.30. The van der Waals surface area contributed by atoms with E-state index in [4.69, 9.17) is 104 Å². The van der Waals surface area contributed by atoms with Crippen LogP contribution in [0.25, 0.3) is 0 Å². The lowest BCUT2D eigenvalue weighted by Gasteiger charge is -2.27. The lowest BCUT2D eigenvalue weighted by molar-refractivity contribution is -0.152. The molecule has 0 aliphatic carbocycles. The van der Waals surface area contributed by atoms with E-state index < -0.39 is 73.2 Å². The van der Waals surface area contributed by atoms with E-state index in [1.807, 2.05) is 6.92 Å². The Morgan fingerprint density at radius 3 is 0.653 bits per heavy atom. The van der Waals surface area contributed by atoms with Crippen LogP contribution in [0.2, 0.25) is 0 Å². The summed E-state index contributed by atoms with van der Waals surface area (Å²) in [5.74, 6) is 0. The summed E-state index contributed by atoms with van der Waals surface area (Å²) >= 11 is 0. The molecule has 0 aromatic heterocycles. The van der Waals surface area contributed by atoms with Crippen LogP contribution in [0.15, 0.2) is 0 Å². The van der Waals surface area contributed by atoms with Crippen molar-refractivity contribution in [3.63, 3.8) is 0 Å². The first-order chi connectivity index (χ1) is 46.5. The Balaban J connectivity index is 6.94. The number of aliphatic hydroxyl groups excluding tert-OH is 3. The number of aldehydes is 10. The molecule has 552 valence electrons. The quantitative estimate of drug-likeness (QED) is 0.0382. The monoisotopic (exact) mass is 1380 g/mol. The van der Waals surface area contributed by atoms with Crippen LogP contribution in [0.5, 0.6) is 0 Å². The second-order valence-electron chi connectivity index (χ2n) is 20.1. The second-order valence-corrected chi connectivity index (χ2v) is 20.1. The molecule has 0 heterocycles. The molecule has 0 saturated heterocycles. The molecule has 0 aliphatic rings. The third-order valence-corrected chi connectivity index (χ3v) is 11.8. The van der Waals surface area contributed by atoms with Gasteiger partial charge in [-0.05, 0) is 6.42 Å². The minimum absolute atomic E-state index is 0.00435. The number of hydrogen-bond donors (Lipinski definition) is 3. The summed E-state index contributed by atoms with van der Waals surface area (Å²) in [7, 11) is 0. The Labute approximate surface area is 553 Å². The highest BCUT2D eigenvalue weighted by Crippen LogP contribution is 2.11. The first-order valence-corrected chi connectivity index (χ1v) is 30.9. The molecule has 35 nitrogen and oxygen atoms in total. The zero-order valence-corrected chi connectivity index (χ0v) is 54.3. The maximum absolute atomic E-state index is 11.4. The van der Waals surface area contributed by atoms with Crippen LogP contribution in [0.4, 0.5) is 0 Å². The van der Waals surface area contributed by atoms with Gasteiger partial charge in [0.25, 0.3) is 0 Å². The third kappa shape index (κ3) is 58.4. The van der Waals surface area contributed by atoms with Crippen molar-refractivity contribution in [2.75, 3.05) is 231 Å². The predicted octanol–water partition coefficient (Wildman–Crippen LogP) is -4.46. The number of carbonyl (C=O) groups excluding carboxylic acids is 10. The molecule has 0 aromatic carbocycles. The smallest absolute Gasteiger partial charge is 0.145 e. The van der Waals surface area contributed by atoms with Crippen LogP contribution in [0.3, 0.4) is 0 Å². The zero-order valence-electron chi connectivity index (χ0n) is 54.3. The number of hydrogen-bond acceptors (Lipinski definition) is 35. The standard InChI is InChI=1S/C60H102O35/c1-2-3-14-74-33-54(94-48-60(95-46-58(89-23-12-69)34-80-20-9-66)45-86-41-56(92-30-51(73)27-77-17-6-63)39-83-36-53(88-22-11-68)32-79-19-8-65)37-84-42-57(93-47-59(90-24-13-70)44-81-28-49(71)25-75-15-4-61)43-85-40-55(91-29-50(72)26-76-16-5-62)38-82-35-52(87-21-10-67)31-78-18-7-64/h4-13,49-60,71-73H,2-3,14-48H2,1H3. The highest BCUT2D eigenvalue weighted by atomic mass is 16.6. The van der Waals surface area contributed by atoms with Crippen LogP contribution in [0, 0.1) is 0 Å². The molecule has 0 aliphatic heterocycles. The van der Waals surface area contributed by atoms with Gasteiger partial charge < -0.3 is 167 Å². The van der Waals surface area contributed by atoms with E-state index in [1.165, 1.54) is 0 Å². The average Bonchev–Trinajstić information content (AvgIpc) is 2.93. The number of unbranched alkanes of at least 4 members (excludes halogenated alkanes) is 1.